The van der Waals surface area contributed by atoms with Gasteiger partial charge < -0.3 is 0 Å². The van der Waals surface area contributed by atoms with Crippen molar-refractivity contribution in [3.8, 4) is 0 Å². The highest BCUT2D eigenvalue weighted by Gasteiger charge is 2.29. The van der Waals surface area contributed by atoms with Gasteiger partial charge in [-0.15, -0.1) is 0 Å². The summed E-state index contributed by atoms with van der Waals surface area (Å²) in [6.45, 7) is 4.30. The topological polar surface area (TPSA) is 80.3 Å². The molecule has 0 amide bonds. The van der Waals surface area contributed by atoms with E-state index in [2.05, 4.69) is 4.72 Å². The lowest BCUT2D eigenvalue weighted by atomic mass is 10.2. The average Bonchev–Trinajstić information content (AvgIpc) is 2.49. The van der Waals surface area contributed by atoms with Gasteiger partial charge in [0.05, 0.1) is 21.0 Å². The summed E-state index contributed by atoms with van der Waals surface area (Å²) in [6.07, 6.45) is 0. The maximum Gasteiger partial charge on any atom is 0.263 e. The summed E-state index contributed by atoms with van der Waals surface area (Å²) in [4.78, 5) is -0.693. The summed E-state index contributed by atoms with van der Waals surface area (Å²) in [5, 5.41) is -1.25. The van der Waals surface area contributed by atoms with Crippen molar-refractivity contribution in [2.45, 2.75) is 35.8 Å². The summed E-state index contributed by atoms with van der Waals surface area (Å²) in [5.41, 5.74) is -0.125. The Morgan fingerprint density at radius 2 is 1.65 bits per heavy atom. The lowest BCUT2D eigenvalue weighted by molar-refractivity contribution is 0.588. The zero-order valence-electron chi connectivity index (χ0n) is 14.0. The first kappa shape index (κ1) is 21.0. The molecule has 0 atom stereocenters. The molecule has 0 saturated carbocycles. The highest BCUT2D eigenvalue weighted by molar-refractivity contribution is 7.93. The fraction of sp³-hybridized carbons (Fsp3) is 0.250. The lowest BCUT2D eigenvalue weighted by Gasteiger charge is -2.17. The van der Waals surface area contributed by atoms with Gasteiger partial charge in [-0.1, -0.05) is 29.3 Å². The van der Waals surface area contributed by atoms with Gasteiger partial charge in [0.25, 0.3) is 10.0 Å². The summed E-state index contributed by atoms with van der Waals surface area (Å²) in [5.74, 6) is -0.653. The van der Waals surface area contributed by atoms with Gasteiger partial charge in [-0.05, 0) is 50.6 Å². The van der Waals surface area contributed by atoms with Crippen LogP contribution in [-0.4, -0.2) is 22.1 Å². The summed E-state index contributed by atoms with van der Waals surface area (Å²) >= 11 is 11.9. The summed E-state index contributed by atoms with van der Waals surface area (Å²) < 4.78 is 66.2. The third kappa shape index (κ3) is 3.98. The Balaban J connectivity index is 2.63. The predicted molar refractivity (Wildman–Crippen MR) is 101 cm³/mol. The fourth-order valence-electron chi connectivity index (χ4n) is 2.15. The van der Waals surface area contributed by atoms with Gasteiger partial charge in [-0.2, -0.15) is 0 Å². The van der Waals surface area contributed by atoms with Crippen LogP contribution in [0.5, 0.6) is 0 Å². The molecule has 0 aromatic heterocycles. The van der Waals surface area contributed by atoms with Crippen molar-refractivity contribution in [2.75, 3.05) is 4.72 Å². The van der Waals surface area contributed by atoms with E-state index in [-0.39, 0.29) is 31.1 Å². The van der Waals surface area contributed by atoms with Crippen LogP contribution in [0.2, 0.25) is 10.0 Å². The molecule has 0 spiro atoms. The SMILES string of the molecule is Cc1cc(S(=O)(=O)Nc2cccc(Cl)c2S(=O)(=O)C(C)C)c(Cl)cc1F. The van der Waals surface area contributed by atoms with Crippen LogP contribution >= 0.6 is 23.2 Å². The molecule has 0 bridgehead atoms. The van der Waals surface area contributed by atoms with Crippen LogP contribution in [0.4, 0.5) is 10.1 Å². The van der Waals surface area contributed by atoms with E-state index >= 15 is 0 Å². The van der Waals surface area contributed by atoms with Crippen LogP contribution < -0.4 is 4.72 Å². The second-order valence-electron chi connectivity index (χ2n) is 5.85. The number of aryl methyl sites for hydroxylation is 1. The zero-order chi connectivity index (χ0) is 19.9. The van der Waals surface area contributed by atoms with Crippen molar-refractivity contribution in [3.63, 3.8) is 0 Å². The van der Waals surface area contributed by atoms with Gasteiger partial charge in [0.2, 0.25) is 0 Å². The third-order valence-electron chi connectivity index (χ3n) is 3.62. The molecule has 5 nitrogen and oxygen atoms in total. The highest BCUT2D eigenvalue weighted by atomic mass is 35.5. The van der Waals surface area contributed by atoms with E-state index in [0.717, 1.165) is 12.1 Å². The summed E-state index contributed by atoms with van der Waals surface area (Å²) in [7, 11) is -8.15. The number of sulfonamides is 1. The Kier molecular flexibility index (Phi) is 5.92. The number of benzene rings is 2. The Labute approximate surface area is 162 Å². The normalized spacial score (nSPS) is 12.4. The standard InChI is InChI=1S/C16H16Cl2FNO4S2/c1-9(2)25(21,22)16-11(17)5-4-6-14(16)20-26(23,24)15-7-10(3)13(19)8-12(15)18/h4-9,20H,1-3H3. The fourth-order valence-corrected chi connectivity index (χ4v) is 5.62. The second-order valence-corrected chi connectivity index (χ2v) is 10.8. The number of anilines is 1. The Hall–Kier alpha value is -1.35. The molecule has 0 aliphatic heterocycles. The van der Waals surface area contributed by atoms with E-state index in [1.807, 2.05) is 0 Å². The molecule has 0 unspecified atom stereocenters. The van der Waals surface area contributed by atoms with Crippen LogP contribution in [0.1, 0.15) is 19.4 Å². The Morgan fingerprint density at radius 1 is 1.04 bits per heavy atom. The number of sulfone groups is 1. The zero-order valence-corrected chi connectivity index (χ0v) is 17.2. The maximum absolute atomic E-state index is 13.5. The third-order valence-corrected chi connectivity index (χ3v) is 8.13. The molecule has 2 aromatic carbocycles. The van der Waals surface area contributed by atoms with Crippen molar-refractivity contribution in [3.05, 3.63) is 51.8 Å². The number of rotatable bonds is 5. The molecular formula is C16H16Cl2FNO4S2. The predicted octanol–water partition coefficient (Wildman–Crippen LogP) is 4.42. The van der Waals surface area contributed by atoms with Crippen LogP contribution in [0, 0.1) is 12.7 Å². The van der Waals surface area contributed by atoms with Gasteiger partial charge in [0.15, 0.2) is 9.84 Å². The quantitative estimate of drug-likeness (QED) is 0.746. The van der Waals surface area contributed by atoms with Gasteiger partial charge in [0.1, 0.15) is 15.6 Å². The smallest absolute Gasteiger partial charge is 0.263 e. The molecule has 10 heteroatoms. The molecule has 142 valence electrons. The maximum atomic E-state index is 13.5. The van der Waals surface area contributed by atoms with Gasteiger partial charge in [-0.25, -0.2) is 21.2 Å². The molecule has 0 radical (unpaired) electrons. The molecule has 0 fully saturated rings. The minimum atomic E-state index is -4.28. The first-order valence-electron chi connectivity index (χ1n) is 7.39. The van der Waals surface area contributed by atoms with Crippen LogP contribution in [0.25, 0.3) is 0 Å². The van der Waals surface area contributed by atoms with E-state index in [0.29, 0.717) is 0 Å². The lowest BCUT2D eigenvalue weighted by Crippen LogP contribution is -2.20. The monoisotopic (exact) mass is 439 g/mol. The van der Waals surface area contributed by atoms with Crippen molar-refractivity contribution >= 4 is 48.7 Å². The van der Waals surface area contributed by atoms with E-state index in [1.165, 1.54) is 39.0 Å². The Morgan fingerprint density at radius 3 is 2.23 bits per heavy atom. The molecule has 2 aromatic rings. The number of hydrogen-bond donors (Lipinski definition) is 1. The first-order valence-corrected chi connectivity index (χ1v) is 11.2. The molecule has 0 heterocycles. The minimum Gasteiger partial charge on any atom is -0.278 e. The molecule has 1 N–H and O–H groups in total. The van der Waals surface area contributed by atoms with E-state index in [4.69, 9.17) is 23.2 Å². The van der Waals surface area contributed by atoms with Crippen molar-refractivity contribution in [2.24, 2.45) is 0 Å². The van der Waals surface area contributed by atoms with Crippen molar-refractivity contribution in [1.82, 2.24) is 0 Å². The number of hydrogen-bond acceptors (Lipinski definition) is 4. The Bertz CT molecular complexity index is 1070. The molecule has 2 rings (SSSR count). The second kappa shape index (κ2) is 7.34. The van der Waals surface area contributed by atoms with Crippen LogP contribution in [0.3, 0.4) is 0 Å². The average molecular weight is 440 g/mol. The molecule has 26 heavy (non-hydrogen) atoms. The number of halogens is 3. The van der Waals surface area contributed by atoms with Crippen molar-refractivity contribution < 1.29 is 21.2 Å². The summed E-state index contributed by atoms with van der Waals surface area (Å²) in [6, 6.07) is 6.00. The van der Waals surface area contributed by atoms with Crippen molar-refractivity contribution in [1.29, 1.82) is 0 Å². The van der Waals surface area contributed by atoms with Gasteiger partial charge in [-0.3, -0.25) is 4.72 Å². The molecule has 0 aliphatic carbocycles. The van der Waals surface area contributed by atoms with E-state index < -0.39 is 30.9 Å². The largest absolute Gasteiger partial charge is 0.278 e. The van der Waals surface area contributed by atoms with Crippen LogP contribution in [-0.2, 0) is 19.9 Å². The van der Waals surface area contributed by atoms with Gasteiger partial charge >= 0.3 is 0 Å². The molecular weight excluding hydrogens is 424 g/mol. The minimum absolute atomic E-state index is 0.0795. The molecule has 0 saturated heterocycles. The first-order chi connectivity index (χ1) is 11.9. The van der Waals surface area contributed by atoms with E-state index in [9.17, 15) is 21.2 Å². The molecule has 0 aliphatic rings. The number of nitrogens with one attached hydrogen (secondary N) is 1. The highest BCUT2D eigenvalue weighted by Crippen LogP contribution is 2.34. The van der Waals surface area contributed by atoms with Gasteiger partial charge in [0, 0.05) is 0 Å². The van der Waals surface area contributed by atoms with E-state index in [1.54, 1.807) is 0 Å². The van der Waals surface area contributed by atoms with Crippen LogP contribution in [0.15, 0.2) is 40.1 Å².